The summed E-state index contributed by atoms with van der Waals surface area (Å²) in [5.41, 5.74) is 5.80. The van der Waals surface area contributed by atoms with Crippen molar-refractivity contribution in [2.45, 2.75) is 57.0 Å². The molecular formula is C14H27N3O. The number of rotatable bonds is 6. The van der Waals surface area contributed by atoms with Gasteiger partial charge in [0.15, 0.2) is 0 Å². The van der Waals surface area contributed by atoms with Gasteiger partial charge in [0, 0.05) is 18.6 Å². The van der Waals surface area contributed by atoms with E-state index in [4.69, 9.17) is 5.73 Å². The lowest BCUT2D eigenvalue weighted by Crippen LogP contribution is -2.47. The molecule has 0 aromatic heterocycles. The molecule has 18 heavy (non-hydrogen) atoms. The van der Waals surface area contributed by atoms with Crippen molar-refractivity contribution in [1.82, 2.24) is 10.2 Å². The third-order valence-corrected chi connectivity index (χ3v) is 4.34. The van der Waals surface area contributed by atoms with Crippen molar-refractivity contribution in [3.05, 3.63) is 0 Å². The molecule has 0 heterocycles. The van der Waals surface area contributed by atoms with E-state index in [0.717, 1.165) is 18.8 Å². The summed E-state index contributed by atoms with van der Waals surface area (Å²) < 4.78 is 0. The van der Waals surface area contributed by atoms with Gasteiger partial charge in [0.05, 0.1) is 6.54 Å². The SMILES string of the molecule is CN(CC(=O)NC1CCCCC1)C(CN)C1CC1. The standard InChI is InChI=1S/C14H27N3O/c1-17(13(9-15)11-7-8-11)10-14(18)16-12-5-3-2-4-6-12/h11-13H,2-10,15H2,1H3,(H,16,18). The summed E-state index contributed by atoms with van der Waals surface area (Å²) in [7, 11) is 2.02. The average Bonchev–Trinajstić information content (AvgIpc) is 3.15. The molecular weight excluding hydrogens is 226 g/mol. The Labute approximate surface area is 110 Å². The smallest absolute Gasteiger partial charge is 0.234 e. The van der Waals surface area contributed by atoms with Crippen LogP contribution in [0.5, 0.6) is 0 Å². The van der Waals surface area contributed by atoms with Crippen LogP contribution in [0.4, 0.5) is 0 Å². The Kier molecular flexibility index (Phi) is 5.01. The number of nitrogens with two attached hydrogens (primary N) is 1. The molecule has 4 nitrogen and oxygen atoms in total. The predicted molar refractivity (Wildman–Crippen MR) is 73.2 cm³/mol. The fraction of sp³-hybridized carbons (Fsp3) is 0.929. The number of carbonyl (C=O) groups is 1. The molecule has 2 rings (SSSR count). The maximum absolute atomic E-state index is 12.0. The highest BCUT2D eigenvalue weighted by Crippen LogP contribution is 2.34. The van der Waals surface area contributed by atoms with Gasteiger partial charge in [-0.3, -0.25) is 9.69 Å². The van der Waals surface area contributed by atoms with E-state index in [1.807, 2.05) is 7.05 Å². The summed E-state index contributed by atoms with van der Waals surface area (Å²) in [6.07, 6.45) is 8.69. The van der Waals surface area contributed by atoms with Crippen LogP contribution in [0.3, 0.4) is 0 Å². The molecule has 4 heteroatoms. The van der Waals surface area contributed by atoms with Crippen LogP contribution in [0, 0.1) is 5.92 Å². The van der Waals surface area contributed by atoms with E-state index in [1.165, 1.54) is 32.1 Å². The first-order chi connectivity index (χ1) is 8.70. The summed E-state index contributed by atoms with van der Waals surface area (Å²) >= 11 is 0. The highest BCUT2D eigenvalue weighted by Gasteiger charge is 2.33. The number of hydrogen-bond donors (Lipinski definition) is 2. The minimum Gasteiger partial charge on any atom is -0.352 e. The van der Waals surface area contributed by atoms with Crippen molar-refractivity contribution >= 4 is 5.91 Å². The lowest BCUT2D eigenvalue weighted by atomic mass is 9.95. The number of hydrogen-bond acceptors (Lipinski definition) is 3. The summed E-state index contributed by atoms with van der Waals surface area (Å²) in [5.74, 6) is 0.894. The second-order valence-corrected chi connectivity index (χ2v) is 5.96. The molecule has 3 N–H and O–H groups in total. The molecule has 2 saturated carbocycles. The maximum Gasteiger partial charge on any atom is 0.234 e. The van der Waals surface area contributed by atoms with Gasteiger partial charge in [-0.15, -0.1) is 0 Å². The number of amides is 1. The van der Waals surface area contributed by atoms with Gasteiger partial charge in [0.25, 0.3) is 0 Å². The molecule has 0 aliphatic heterocycles. The Morgan fingerprint density at radius 2 is 1.94 bits per heavy atom. The summed E-state index contributed by atoms with van der Waals surface area (Å²) in [4.78, 5) is 14.1. The van der Waals surface area contributed by atoms with Crippen molar-refractivity contribution < 1.29 is 4.79 Å². The number of likely N-dealkylation sites (N-methyl/N-ethyl adjacent to an activating group) is 1. The first kappa shape index (κ1) is 13.8. The van der Waals surface area contributed by atoms with Crippen molar-refractivity contribution in [2.75, 3.05) is 20.1 Å². The zero-order valence-electron chi connectivity index (χ0n) is 11.5. The maximum atomic E-state index is 12.0. The van der Waals surface area contributed by atoms with Crippen LogP contribution >= 0.6 is 0 Å². The topological polar surface area (TPSA) is 58.4 Å². The molecule has 1 unspecified atom stereocenters. The Bertz CT molecular complexity index is 272. The average molecular weight is 253 g/mol. The number of nitrogens with one attached hydrogen (secondary N) is 1. The van der Waals surface area contributed by atoms with Crippen LogP contribution in [0.15, 0.2) is 0 Å². The summed E-state index contributed by atoms with van der Waals surface area (Å²) in [5, 5.41) is 3.17. The van der Waals surface area contributed by atoms with Gasteiger partial charge in [-0.2, -0.15) is 0 Å². The molecule has 104 valence electrons. The lowest BCUT2D eigenvalue weighted by molar-refractivity contribution is -0.123. The first-order valence-corrected chi connectivity index (χ1v) is 7.40. The van der Waals surface area contributed by atoms with Gasteiger partial charge < -0.3 is 11.1 Å². The fourth-order valence-corrected chi connectivity index (χ4v) is 3.08. The van der Waals surface area contributed by atoms with Crippen LogP contribution in [0.2, 0.25) is 0 Å². The first-order valence-electron chi connectivity index (χ1n) is 7.40. The second-order valence-electron chi connectivity index (χ2n) is 5.96. The third-order valence-electron chi connectivity index (χ3n) is 4.34. The van der Waals surface area contributed by atoms with E-state index in [1.54, 1.807) is 0 Å². The van der Waals surface area contributed by atoms with Gasteiger partial charge in [-0.25, -0.2) is 0 Å². The van der Waals surface area contributed by atoms with E-state index >= 15 is 0 Å². The molecule has 2 aliphatic rings. The number of carbonyl (C=O) groups excluding carboxylic acids is 1. The fourth-order valence-electron chi connectivity index (χ4n) is 3.08. The van der Waals surface area contributed by atoms with Gasteiger partial charge in [0.1, 0.15) is 0 Å². The lowest BCUT2D eigenvalue weighted by Gasteiger charge is -2.28. The van der Waals surface area contributed by atoms with Crippen LogP contribution in [0.1, 0.15) is 44.9 Å². The molecule has 1 atom stereocenters. The predicted octanol–water partition coefficient (Wildman–Crippen LogP) is 1.10. The zero-order chi connectivity index (χ0) is 13.0. The van der Waals surface area contributed by atoms with Crippen LogP contribution in [0.25, 0.3) is 0 Å². The number of nitrogens with zero attached hydrogens (tertiary/aromatic N) is 1. The molecule has 2 fully saturated rings. The Morgan fingerprint density at radius 3 is 2.50 bits per heavy atom. The molecule has 1 amide bonds. The summed E-state index contributed by atoms with van der Waals surface area (Å²) in [6, 6.07) is 0.805. The Morgan fingerprint density at radius 1 is 1.28 bits per heavy atom. The molecule has 0 aromatic carbocycles. The van der Waals surface area contributed by atoms with Crippen molar-refractivity contribution in [2.24, 2.45) is 11.7 Å². The van der Waals surface area contributed by atoms with Crippen molar-refractivity contribution in [1.29, 1.82) is 0 Å². The second kappa shape index (κ2) is 6.53. The Hall–Kier alpha value is -0.610. The minimum atomic E-state index is 0.170. The van der Waals surface area contributed by atoms with Crippen LogP contribution in [-0.4, -0.2) is 43.0 Å². The van der Waals surface area contributed by atoms with Crippen molar-refractivity contribution in [3.8, 4) is 0 Å². The molecule has 0 saturated heterocycles. The van der Waals surface area contributed by atoms with Gasteiger partial charge in [-0.1, -0.05) is 19.3 Å². The molecule has 2 aliphatic carbocycles. The van der Waals surface area contributed by atoms with Crippen molar-refractivity contribution in [3.63, 3.8) is 0 Å². The normalized spacial score (nSPS) is 23.1. The van der Waals surface area contributed by atoms with E-state index in [9.17, 15) is 4.79 Å². The Balaban J connectivity index is 1.71. The van der Waals surface area contributed by atoms with E-state index in [2.05, 4.69) is 10.2 Å². The third kappa shape index (κ3) is 3.95. The minimum absolute atomic E-state index is 0.170. The quantitative estimate of drug-likeness (QED) is 0.745. The van der Waals surface area contributed by atoms with Crippen LogP contribution in [-0.2, 0) is 4.79 Å². The van der Waals surface area contributed by atoms with Gasteiger partial charge in [-0.05, 0) is 38.6 Å². The zero-order valence-corrected chi connectivity index (χ0v) is 11.5. The van der Waals surface area contributed by atoms with Crippen LogP contribution < -0.4 is 11.1 Å². The van der Waals surface area contributed by atoms with E-state index in [0.29, 0.717) is 25.2 Å². The largest absolute Gasteiger partial charge is 0.352 e. The molecule has 0 aromatic rings. The highest BCUT2D eigenvalue weighted by atomic mass is 16.2. The summed E-state index contributed by atoms with van der Waals surface area (Å²) in [6.45, 7) is 1.16. The van der Waals surface area contributed by atoms with Gasteiger partial charge >= 0.3 is 0 Å². The van der Waals surface area contributed by atoms with E-state index < -0.39 is 0 Å². The van der Waals surface area contributed by atoms with Gasteiger partial charge in [0.2, 0.25) is 5.91 Å². The molecule has 0 spiro atoms. The molecule has 0 radical (unpaired) electrons. The van der Waals surface area contributed by atoms with E-state index in [-0.39, 0.29) is 5.91 Å². The monoisotopic (exact) mass is 253 g/mol. The molecule has 0 bridgehead atoms. The highest BCUT2D eigenvalue weighted by molar-refractivity contribution is 5.78.